The van der Waals surface area contributed by atoms with Crippen molar-refractivity contribution in [1.82, 2.24) is 15.5 Å². The molecule has 1 unspecified atom stereocenters. The monoisotopic (exact) mass is 184 g/mol. The summed E-state index contributed by atoms with van der Waals surface area (Å²) in [5.41, 5.74) is 0. The fourth-order valence-electron chi connectivity index (χ4n) is 1.65. The molecule has 1 aliphatic heterocycles. The topological polar surface area (TPSA) is 29.4 Å². The van der Waals surface area contributed by atoms with Crippen LogP contribution in [0.25, 0.3) is 0 Å². The molecule has 3 nitrogen and oxygen atoms in total. The molecule has 0 amide bonds. The lowest BCUT2D eigenvalue weighted by Crippen LogP contribution is -2.54. The van der Waals surface area contributed by atoms with E-state index in [0.717, 1.165) is 19.6 Å². The van der Waals surface area contributed by atoms with Gasteiger partial charge in [0.05, 0.1) is 6.17 Å². The standard InChI is InChI=1S/C10H22N3/c1-3-4-5-8-13(2)10-9-11-6-7-12-10/h10,12H,3-9H2,1-2H3. The number of nitrogens with one attached hydrogen (secondary N) is 1. The summed E-state index contributed by atoms with van der Waals surface area (Å²) in [5.74, 6) is 0. The van der Waals surface area contributed by atoms with E-state index in [1.165, 1.54) is 25.8 Å². The zero-order valence-electron chi connectivity index (χ0n) is 8.92. The Bertz CT molecular complexity index is 121. The number of unbranched alkanes of at least 4 members (excludes halogenated alkanes) is 2. The van der Waals surface area contributed by atoms with Gasteiger partial charge in [0.2, 0.25) is 0 Å². The number of hydrogen-bond acceptors (Lipinski definition) is 2. The molecule has 13 heavy (non-hydrogen) atoms. The quantitative estimate of drug-likeness (QED) is 0.635. The summed E-state index contributed by atoms with van der Waals surface area (Å²) in [5, 5.41) is 7.88. The first kappa shape index (κ1) is 11.0. The summed E-state index contributed by atoms with van der Waals surface area (Å²) in [6.45, 7) is 6.43. The lowest BCUT2D eigenvalue weighted by molar-refractivity contribution is 0.177. The van der Waals surface area contributed by atoms with Gasteiger partial charge in [-0.1, -0.05) is 19.8 Å². The summed E-state index contributed by atoms with van der Waals surface area (Å²) < 4.78 is 0. The minimum Gasteiger partial charge on any atom is -0.299 e. The fraction of sp³-hybridized carbons (Fsp3) is 1.00. The van der Waals surface area contributed by atoms with Gasteiger partial charge in [0.25, 0.3) is 0 Å². The van der Waals surface area contributed by atoms with Gasteiger partial charge in [0.1, 0.15) is 0 Å². The third-order valence-corrected chi connectivity index (χ3v) is 2.60. The van der Waals surface area contributed by atoms with Crippen LogP contribution in [0.2, 0.25) is 0 Å². The van der Waals surface area contributed by atoms with E-state index < -0.39 is 0 Å². The maximum atomic E-state index is 4.40. The van der Waals surface area contributed by atoms with Gasteiger partial charge in [-0.25, -0.2) is 5.32 Å². The average molecular weight is 184 g/mol. The first-order valence-corrected chi connectivity index (χ1v) is 5.41. The summed E-state index contributed by atoms with van der Waals surface area (Å²) in [6, 6.07) is 0. The smallest absolute Gasteiger partial charge is 0.0740 e. The van der Waals surface area contributed by atoms with E-state index in [4.69, 9.17) is 0 Å². The van der Waals surface area contributed by atoms with Gasteiger partial charge in [-0.05, 0) is 20.0 Å². The Kier molecular flexibility index (Phi) is 5.35. The molecule has 1 saturated heterocycles. The zero-order chi connectivity index (χ0) is 9.52. The molecule has 3 heteroatoms. The van der Waals surface area contributed by atoms with E-state index in [9.17, 15) is 0 Å². The minimum absolute atomic E-state index is 0.491. The van der Waals surface area contributed by atoms with Gasteiger partial charge in [-0.15, -0.1) is 0 Å². The second-order valence-corrected chi connectivity index (χ2v) is 3.79. The predicted octanol–water partition coefficient (Wildman–Crippen LogP) is 0.642. The van der Waals surface area contributed by atoms with E-state index in [2.05, 4.69) is 29.5 Å². The Hall–Kier alpha value is -0.120. The van der Waals surface area contributed by atoms with Crippen molar-refractivity contribution in [2.75, 3.05) is 33.2 Å². The molecule has 1 radical (unpaired) electrons. The fourth-order valence-corrected chi connectivity index (χ4v) is 1.65. The van der Waals surface area contributed by atoms with Crippen LogP contribution in [-0.4, -0.2) is 44.3 Å². The molecule has 0 aliphatic carbocycles. The van der Waals surface area contributed by atoms with Crippen molar-refractivity contribution in [3.63, 3.8) is 0 Å². The first-order valence-electron chi connectivity index (χ1n) is 5.41. The van der Waals surface area contributed by atoms with E-state index in [0.29, 0.717) is 6.17 Å². The van der Waals surface area contributed by atoms with Crippen molar-refractivity contribution in [2.45, 2.75) is 32.4 Å². The first-order chi connectivity index (χ1) is 6.34. The van der Waals surface area contributed by atoms with Crippen molar-refractivity contribution in [3.8, 4) is 0 Å². The Balaban J connectivity index is 2.09. The van der Waals surface area contributed by atoms with Gasteiger partial charge in [-0.3, -0.25) is 10.2 Å². The SMILES string of the molecule is CCCCCN(C)C1C[N]CCN1. The van der Waals surface area contributed by atoms with Crippen LogP contribution in [0.15, 0.2) is 0 Å². The molecule has 1 aliphatic rings. The van der Waals surface area contributed by atoms with Crippen LogP contribution < -0.4 is 10.6 Å². The number of piperazine rings is 1. The third kappa shape index (κ3) is 4.07. The summed E-state index contributed by atoms with van der Waals surface area (Å²) >= 11 is 0. The molecule has 77 valence electrons. The van der Waals surface area contributed by atoms with Gasteiger partial charge in [0.15, 0.2) is 0 Å². The Morgan fingerprint density at radius 1 is 1.46 bits per heavy atom. The maximum absolute atomic E-state index is 4.40. The third-order valence-electron chi connectivity index (χ3n) is 2.60. The Morgan fingerprint density at radius 3 is 2.92 bits per heavy atom. The average Bonchev–Trinajstić information content (AvgIpc) is 2.19. The summed E-state index contributed by atoms with van der Waals surface area (Å²) in [7, 11) is 2.19. The largest absolute Gasteiger partial charge is 0.299 e. The highest BCUT2D eigenvalue weighted by molar-refractivity contribution is 4.74. The van der Waals surface area contributed by atoms with Crippen LogP contribution in [0.1, 0.15) is 26.2 Å². The molecule has 0 bridgehead atoms. The molecule has 1 heterocycles. The van der Waals surface area contributed by atoms with Gasteiger partial charge >= 0.3 is 0 Å². The molecule has 0 aromatic carbocycles. The van der Waals surface area contributed by atoms with Crippen molar-refractivity contribution < 1.29 is 0 Å². The van der Waals surface area contributed by atoms with Crippen LogP contribution in [0.5, 0.6) is 0 Å². The van der Waals surface area contributed by atoms with Gasteiger partial charge in [0, 0.05) is 19.6 Å². The molecule has 1 rings (SSSR count). The Morgan fingerprint density at radius 2 is 2.31 bits per heavy atom. The molecule has 0 saturated carbocycles. The summed E-state index contributed by atoms with van der Waals surface area (Å²) in [4.78, 5) is 2.39. The van der Waals surface area contributed by atoms with Crippen LogP contribution in [0.4, 0.5) is 0 Å². The maximum Gasteiger partial charge on any atom is 0.0740 e. The lowest BCUT2D eigenvalue weighted by atomic mass is 10.2. The van der Waals surface area contributed by atoms with Crippen LogP contribution in [0, 0.1) is 0 Å². The van der Waals surface area contributed by atoms with Crippen molar-refractivity contribution >= 4 is 0 Å². The molecule has 0 aromatic heterocycles. The van der Waals surface area contributed by atoms with Crippen molar-refractivity contribution in [3.05, 3.63) is 0 Å². The Labute approximate surface area is 81.9 Å². The second kappa shape index (κ2) is 6.35. The van der Waals surface area contributed by atoms with Crippen molar-refractivity contribution in [2.24, 2.45) is 0 Å². The number of hydrogen-bond donors (Lipinski definition) is 1. The zero-order valence-corrected chi connectivity index (χ0v) is 8.92. The number of likely N-dealkylation sites (N-methyl/N-ethyl adjacent to an activating group) is 1. The second-order valence-electron chi connectivity index (χ2n) is 3.79. The number of rotatable bonds is 5. The molecule has 1 atom stereocenters. The summed E-state index contributed by atoms with van der Waals surface area (Å²) in [6.07, 6.45) is 4.45. The number of nitrogens with zero attached hydrogens (tertiary/aromatic N) is 2. The van der Waals surface area contributed by atoms with Crippen LogP contribution in [0.3, 0.4) is 0 Å². The molecule has 0 spiro atoms. The van der Waals surface area contributed by atoms with Crippen LogP contribution in [-0.2, 0) is 0 Å². The van der Waals surface area contributed by atoms with Gasteiger partial charge in [-0.2, -0.15) is 0 Å². The minimum atomic E-state index is 0.491. The lowest BCUT2D eigenvalue weighted by Gasteiger charge is -2.31. The van der Waals surface area contributed by atoms with E-state index in [-0.39, 0.29) is 0 Å². The van der Waals surface area contributed by atoms with Gasteiger partial charge < -0.3 is 0 Å². The normalized spacial score (nSPS) is 23.8. The molecular weight excluding hydrogens is 162 g/mol. The van der Waals surface area contributed by atoms with E-state index >= 15 is 0 Å². The highest BCUT2D eigenvalue weighted by Gasteiger charge is 2.16. The highest BCUT2D eigenvalue weighted by Crippen LogP contribution is 2.00. The van der Waals surface area contributed by atoms with E-state index in [1.54, 1.807) is 0 Å². The van der Waals surface area contributed by atoms with Crippen molar-refractivity contribution in [1.29, 1.82) is 0 Å². The predicted molar refractivity (Wildman–Crippen MR) is 55.8 cm³/mol. The molecular formula is C10H22N3. The molecule has 1 N–H and O–H groups in total. The molecule has 1 fully saturated rings. The van der Waals surface area contributed by atoms with Crippen LogP contribution >= 0.6 is 0 Å². The molecule has 0 aromatic rings. The van der Waals surface area contributed by atoms with E-state index in [1.807, 2.05) is 0 Å². The highest BCUT2D eigenvalue weighted by atomic mass is 15.3.